The molecule has 5 aromatic rings. The lowest BCUT2D eigenvalue weighted by Crippen LogP contribution is -2.56. The van der Waals surface area contributed by atoms with Crippen LogP contribution in [0, 0.1) is 40.5 Å². The summed E-state index contributed by atoms with van der Waals surface area (Å²) >= 11 is 13.7. The summed E-state index contributed by atoms with van der Waals surface area (Å²) in [7, 11) is 3.55. The zero-order chi connectivity index (χ0) is 42.0. The average molecular weight is 834 g/mol. The number of hydrogen-bond donors (Lipinski definition) is 1. The summed E-state index contributed by atoms with van der Waals surface area (Å²) in [6, 6.07) is 17.2. The van der Waals surface area contributed by atoms with Crippen LogP contribution in [0.25, 0.3) is 16.5 Å². The number of fused-ring (bicyclic) bond motifs is 4. The number of aryl methyl sites for hydroxylation is 5. The van der Waals surface area contributed by atoms with Crippen molar-refractivity contribution < 1.29 is 19.1 Å². The Kier molecular flexibility index (Phi) is 10.7. The van der Waals surface area contributed by atoms with E-state index >= 15 is 4.79 Å². The van der Waals surface area contributed by atoms with Gasteiger partial charge < -0.3 is 29.6 Å². The van der Waals surface area contributed by atoms with Crippen molar-refractivity contribution in [2.45, 2.75) is 73.0 Å². The Morgan fingerprint density at radius 3 is 2.39 bits per heavy atom. The molecule has 3 atom stereocenters. The molecule has 3 aliphatic rings. The first-order valence-corrected chi connectivity index (χ1v) is 20.8. The third-order valence-corrected chi connectivity index (χ3v) is 13.3. The lowest BCUT2D eigenvalue weighted by atomic mass is 9.80. The third-order valence-electron chi connectivity index (χ3n) is 12.4. The highest BCUT2D eigenvalue weighted by molar-refractivity contribution is 6.35. The van der Waals surface area contributed by atoms with Crippen LogP contribution in [0.5, 0.6) is 11.5 Å². The van der Waals surface area contributed by atoms with Gasteiger partial charge in [-0.15, -0.1) is 0 Å². The number of amides is 2. The molecule has 3 aromatic carbocycles. The molecule has 4 heterocycles. The Bertz CT molecular complexity index is 2630. The highest BCUT2D eigenvalue weighted by Gasteiger charge is 2.51. The van der Waals surface area contributed by atoms with Crippen molar-refractivity contribution in [1.82, 2.24) is 19.2 Å². The molecule has 12 heteroatoms. The molecule has 0 saturated carbocycles. The molecule has 2 aliphatic heterocycles. The fourth-order valence-electron chi connectivity index (χ4n) is 9.51. The number of methoxy groups -OCH3 is 1. The minimum atomic E-state index is -0.563. The van der Waals surface area contributed by atoms with E-state index in [9.17, 15) is 4.79 Å². The number of carbonyl (C=O) groups excluding carboxylic acids is 2. The van der Waals surface area contributed by atoms with Crippen molar-refractivity contribution in [3.8, 4) is 11.5 Å². The molecular weight excluding hydrogens is 783 g/mol. The van der Waals surface area contributed by atoms with Gasteiger partial charge >= 0.3 is 0 Å². The van der Waals surface area contributed by atoms with E-state index in [4.69, 9.17) is 43.5 Å². The number of allylic oxidation sites excluding steroid dienone is 2. The topological polar surface area (TPSA) is 108 Å². The molecule has 2 unspecified atom stereocenters. The number of primary amides is 1. The number of nitrogens with zero attached hydrogens (tertiary/aromatic N) is 5. The molecule has 2 amide bonds. The maximum absolute atomic E-state index is 15.6. The fourth-order valence-corrected chi connectivity index (χ4v) is 9.90. The summed E-state index contributed by atoms with van der Waals surface area (Å²) in [5, 5.41) is 6.87. The van der Waals surface area contributed by atoms with E-state index in [1.807, 2.05) is 103 Å². The van der Waals surface area contributed by atoms with Gasteiger partial charge in [-0.25, -0.2) is 0 Å². The summed E-state index contributed by atoms with van der Waals surface area (Å²) in [5.41, 5.74) is 17.4. The predicted octanol–water partition coefficient (Wildman–Crippen LogP) is 9.09. The lowest BCUT2D eigenvalue weighted by Gasteiger charge is -2.45. The zero-order valence-electron chi connectivity index (χ0n) is 34.8. The third kappa shape index (κ3) is 6.80. The maximum Gasteiger partial charge on any atom is 0.274 e. The minimum absolute atomic E-state index is 0.114. The number of aromatic nitrogens is 3. The first-order chi connectivity index (χ1) is 28.2. The van der Waals surface area contributed by atoms with Gasteiger partial charge in [0.25, 0.3) is 11.8 Å². The largest absolute Gasteiger partial charge is 0.496 e. The van der Waals surface area contributed by atoms with E-state index in [1.54, 1.807) is 13.2 Å². The Hall–Kier alpha value is -5.45. The lowest BCUT2D eigenvalue weighted by molar-refractivity contribution is -0.118. The van der Waals surface area contributed by atoms with Gasteiger partial charge in [-0.2, -0.15) is 5.10 Å². The van der Waals surface area contributed by atoms with Crippen LogP contribution in [0.2, 0.25) is 5.02 Å². The quantitative estimate of drug-likeness (QED) is 0.133. The Morgan fingerprint density at radius 2 is 1.73 bits per heavy atom. The summed E-state index contributed by atoms with van der Waals surface area (Å²) in [6.07, 6.45) is 5.45. The molecule has 0 bridgehead atoms. The fraction of sp³-hybridized carbons (Fsp3) is 0.340. The van der Waals surface area contributed by atoms with Gasteiger partial charge in [0.2, 0.25) is 0 Å². The zero-order valence-corrected chi connectivity index (χ0v) is 36.3. The molecule has 59 heavy (non-hydrogen) atoms. The van der Waals surface area contributed by atoms with Gasteiger partial charge in [-0.1, -0.05) is 53.5 Å². The van der Waals surface area contributed by atoms with Gasteiger partial charge in [0.1, 0.15) is 22.9 Å². The summed E-state index contributed by atoms with van der Waals surface area (Å²) in [5.74, 6) is 0.564. The number of hydrogen-bond acceptors (Lipinski definition) is 6. The van der Waals surface area contributed by atoms with Crippen molar-refractivity contribution in [3.05, 3.63) is 133 Å². The molecule has 1 saturated heterocycles. The van der Waals surface area contributed by atoms with Crippen molar-refractivity contribution >= 4 is 57.2 Å². The van der Waals surface area contributed by atoms with E-state index in [-0.39, 0.29) is 23.9 Å². The highest BCUT2D eigenvalue weighted by atomic mass is 35.5. The summed E-state index contributed by atoms with van der Waals surface area (Å²) < 4.78 is 16.0. The van der Waals surface area contributed by atoms with Crippen LogP contribution in [0.1, 0.15) is 69.5 Å². The number of halogens is 2. The monoisotopic (exact) mass is 832 g/mol. The second kappa shape index (κ2) is 15.6. The number of ether oxygens (including phenoxy) is 2. The number of rotatable bonds is 11. The second-order valence-electron chi connectivity index (χ2n) is 16.1. The standard InChI is InChI=1S/C47H50Cl2N6O4/c1-25-12-9-10-13-31(25)24-53-38(46(50)56)22-35-39(58-8)18-17-37(43(35)53)54-23-28(4)55-44-34(15-16-36(48)41(44)40-29(5)51-52(7)30(40)6)33(45(55)47(54)57)14-11-19-59-32-20-26(2)42(49)27(3)21-32/h9-10,12-13,15-18,20-22,28,34,44H,11,14,19,23-24H2,1-8H3,(H2,50,56)/t28-,34?,44?/m1/s1. The van der Waals surface area contributed by atoms with Crippen LogP contribution in [-0.2, 0) is 18.4 Å². The molecule has 0 radical (unpaired) electrons. The van der Waals surface area contributed by atoms with Crippen LogP contribution in [0.4, 0.5) is 5.69 Å². The van der Waals surface area contributed by atoms with Gasteiger partial charge in [0, 0.05) is 64.4 Å². The van der Waals surface area contributed by atoms with E-state index in [2.05, 4.69) is 24.8 Å². The average Bonchev–Trinajstić information content (AvgIpc) is 3.83. The second-order valence-corrected chi connectivity index (χ2v) is 16.9. The van der Waals surface area contributed by atoms with Crippen molar-refractivity contribution in [2.75, 3.05) is 25.2 Å². The minimum Gasteiger partial charge on any atom is -0.496 e. The van der Waals surface area contributed by atoms with E-state index in [0.717, 1.165) is 61.1 Å². The van der Waals surface area contributed by atoms with E-state index in [1.165, 1.54) is 0 Å². The first kappa shape index (κ1) is 40.3. The van der Waals surface area contributed by atoms with Crippen LogP contribution in [-0.4, -0.2) is 63.4 Å². The van der Waals surface area contributed by atoms with Gasteiger partial charge in [-0.3, -0.25) is 14.3 Å². The van der Waals surface area contributed by atoms with Crippen LogP contribution < -0.4 is 20.1 Å². The predicted molar refractivity (Wildman–Crippen MR) is 235 cm³/mol. The Labute approximate surface area is 355 Å². The smallest absolute Gasteiger partial charge is 0.274 e. The molecule has 10 nitrogen and oxygen atoms in total. The van der Waals surface area contributed by atoms with Crippen molar-refractivity contribution in [2.24, 2.45) is 18.7 Å². The molecule has 306 valence electrons. The summed E-state index contributed by atoms with van der Waals surface area (Å²) in [4.78, 5) is 32.9. The molecule has 1 aliphatic carbocycles. The highest BCUT2D eigenvalue weighted by Crippen LogP contribution is 2.52. The van der Waals surface area contributed by atoms with Gasteiger partial charge in [0.15, 0.2) is 0 Å². The van der Waals surface area contributed by atoms with Gasteiger partial charge in [0.05, 0.1) is 36.7 Å². The van der Waals surface area contributed by atoms with Crippen molar-refractivity contribution in [1.29, 1.82) is 0 Å². The number of anilines is 1. The van der Waals surface area contributed by atoms with Crippen molar-refractivity contribution in [3.63, 3.8) is 0 Å². The number of carbonyl (C=O) groups is 2. The molecular formula is C47H50Cl2N6O4. The SMILES string of the molecule is COc1ccc(N2C[C@@H](C)N3C(=C(CCCOc4cc(C)c(Cl)c(C)c4)C4C=CC(Cl)=C(c5c(C)nn(C)c5C)C43)C2=O)c2c1cc(C(N)=O)n2Cc1ccccc1C. The number of benzene rings is 3. The normalized spacial score (nSPS) is 18.9. The Balaban J connectivity index is 1.25. The van der Waals surface area contributed by atoms with Gasteiger partial charge in [-0.05, 0) is 119 Å². The molecule has 2 N–H and O–H groups in total. The maximum atomic E-state index is 15.6. The van der Waals surface area contributed by atoms with Crippen LogP contribution in [0.15, 0.2) is 83.1 Å². The van der Waals surface area contributed by atoms with Crippen LogP contribution in [0.3, 0.4) is 0 Å². The first-order valence-electron chi connectivity index (χ1n) is 20.1. The Morgan fingerprint density at radius 1 is 1.00 bits per heavy atom. The van der Waals surface area contributed by atoms with E-state index < -0.39 is 5.91 Å². The molecule has 1 fully saturated rings. The molecule has 2 aromatic heterocycles. The van der Waals surface area contributed by atoms with E-state index in [0.29, 0.717) is 71.3 Å². The molecule has 8 rings (SSSR count). The number of piperazine rings is 1. The summed E-state index contributed by atoms with van der Waals surface area (Å²) in [6.45, 7) is 13.5. The molecule has 0 spiro atoms. The van der Waals surface area contributed by atoms with Crippen LogP contribution >= 0.6 is 23.2 Å². The number of nitrogens with two attached hydrogens (primary N) is 1.